The van der Waals surface area contributed by atoms with Crippen LogP contribution in [-0.4, -0.2) is 48.8 Å². The van der Waals surface area contributed by atoms with E-state index in [1.165, 1.54) is 12.0 Å². The second-order valence-electron chi connectivity index (χ2n) is 4.84. The Bertz CT molecular complexity index is 329. The van der Waals surface area contributed by atoms with Gasteiger partial charge in [-0.1, -0.05) is 6.07 Å². The van der Waals surface area contributed by atoms with Gasteiger partial charge in [-0.05, 0) is 44.0 Å². The Morgan fingerprint density at radius 2 is 2.44 bits per heavy atom. The van der Waals surface area contributed by atoms with E-state index in [2.05, 4.69) is 16.0 Å². The Hall–Kier alpha value is -0.970. The monoisotopic (exact) mass is 249 g/mol. The molecule has 0 saturated carbocycles. The van der Waals surface area contributed by atoms with Crippen LogP contribution in [0.15, 0.2) is 24.5 Å². The fourth-order valence-electron chi connectivity index (χ4n) is 2.40. The molecule has 1 aromatic rings. The number of aromatic nitrogens is 1. The Kier molecular flexibility index (Phi) is 5.58. The van der Waals surface area contributed by atoms with Gasteiger partial charge in [0.2, 0.25) is 0 Å². The van der Waals surface area contributed by atoms with E-state index in [-0.39, 0.29) is 0 Å². The molecule has 1 saturated heterocycles. The molecule has 1 atom stereocenters. The molecule has 2 rings (SSSR count). The van der Waals surface area contributed by atoms with Crippen molar-refractivity contribution >= 4 is 0 Å². The predicted molar refractivity (Wildman–Crippen MR) is 72.4 cm³/mol. The van der Waals surface area contributed by atoms with Gasteiger partial charge in [0.05, 0.1) is 12.7 Å². The summed E-state index contributed by atoms with van der Waals surface area (Å²) in [4.78, 5) is 6.63. The van der Waals surface area contributed by atoms with Gasteiger partial charge in [0.1, 0.15) is 0 Å². The van der Waals surface area contributed by atoms with Crippen LogP contribution in [0, 0.1) is 0 Å². The molecule has 2 heterocycles. The first kappa shape index (κ1) is 13.5. The van der Waals surface area contributed by atoms with E-state index in [0.717, 1.165) is 39.1 Å². The maximum atomic E-state index is 5.68. The molecule has 2 N–H and O–H groups in total. The van der Waals surface area contributed by atoms with Crippen LogP contribution < -0.4 is 5.73 Å². The summed E-state index contributed by atoms with van der Waals surface area (Å²) in [5.41, 5.74) is 6.90. The molecule has 4 heteroatoms. The molecule has 4 nitrogen and oxygen atoms in total. The third kappa shape index (κ3) is 4.37. The van der Waals surface area contributed by atoms with Crippen molar-refractivity contribution in [3.05, 3.63) is 30.1 Å². The lowest BCUT2D eigenvalue weighted by Crippen LogP contribution is -2.43. The smallest absolute Gasteiger partial charge is 0.0714 e. The SMILES string of the molecule is NCC[C@H]1CN(CCCc2cccnc2)CCO1. The molecule has 0 unspecified atom stereocenters. The largest absolute Gasteiger partial charge is 0.376 e. The topological polar surface area (TPSA) is 51.4 Å². The highest BCUT2D eigenvalue weighted by Gasteiger charge is 2.18. The zero-order valence-corrected chi connectivity index (χ0v) is 10.9. The average molecular weight is 249 g/mol. The van der Waals surface area contributed by atoms with Crippen molar-refractivity contribution in [3.8, 4) is 0 Å². The van der Waals surface area contributed by atoms with Crippen LogP contribution >= 0.6 is 0 Å². The summed E-state index contributed by atoms with van der Waals surface area (Å²) in [6, 6.07) is 4.14. The van der Waals surface area contributed by atoms with Crippen LogP contribution in [0.5, 0.6) is 0 Å². The van der Waals surface area contributed by atoms with E-state index < -0.39 is 0 Å². The molecule has 0 radical (unpaired) electrons. The van der Waals surface area contributed by atoms with Crippen molar-refractivity contribution in [2.75, 3.05) is 32.8 Å². The van der Waals surface area contributed by atoms with Crippen molar-refractivity contribution in [1.29, 1.82) is 0 Å². The summed E-state index contributed by atoms with van der Waals surface area (Å²) in [7, 11) is 0. The van der Waals surface area contributed by atoms with Crippen LogP contribution in [0.4, 0.5) is 0 Å². The second kappa shape index (κ2) is 7.46. The quantitative estimate of drug-likeness (QED) is 0.819. The maximum absolute atomic E-state index is 5.68. The number of hydrogen-bond acceptors (Lipinski definition) is 4. The van der Waals surface area contributed by atoms with Gasteiger partial charge in [-0.3, -0.25) is 9.88 Å². The molecular formula is C14H23N3O. The number of pyridine rings is 1. The highest BCUT2D eigenvalue weighted by atomic mass is 16.5. The lowest BCUT2D eigenvalue weighted by molar-refractivity contribution is -0.0308. The summed E-state index contributed by atoms with van der Waals surface area (Å²) in [5.74, 6) is 0. The summed E-state index contributed by atoms with van der Waals surface area (Å²) >= 11 is 0. The maximum Gasteiger partial charge on any atom is 0.0714 e. The number of morpholine rings is 1. The minimum absolute atomic E-state index is 0.335. The zero-order chi connectivity index (χ0) is 12.6. The van der Waals surface area contributed by atoms with Gasteiger partial charge in [0.15, 0.2) is 0 Å². The molecular weight excluding hydrogens is 226 g/mol. The zero-order valence-electron chi connectivity index (χ0n) is 10.9. The molecule has 100 valence electrons. The van der Waals surface area contributed by atoms with Gasteiger partial charge >= 0.3 is 0 Å². The van der Waals surface area contributed by atoms with E-state index in [4.69, 9.17) is 10.5 Å². The summed E-state index contributed by atoms with van der Waals surface area (Å²) in [6.45, 7) is 4.78. The molecule has 1 aromatic heterocycles. The van der Waals surface area contributed by atoms with Crippen molar-refractivity contribution in [2.24, 2.45) is 5.73 Å². The Morgan fingerprint density at radius 3 is 3.22 bits per heavy atom. The first-order valence-corrected chi connectivity index (χ1v) is 6.81. The molecule has 0 spiro atoms. The molecule has 1 aliphatic rings. The third-order valence-electron chi connectivity index (χ3n) is 3.37. The minimum atomic E-state index is 0.335. The van der Waals surface area contributed by atoms with Gasteiger partial charge in [-0.15, -0.1) is 0 Å². The van der Waals surface area contributed by atoms with E-state index >= 15 is 0 Å². The molecule has 0 aliphatic carbocycles. The summed E-state index contributed by atoms with van der Waals surface area (Å²) in [6.07, 6.45) is 7.37. The van der Waals surface area contributed by atoms with Gasteiger partial charge in [-0.25, -0.2) is 0 Å². The molecule has 0 aromatic carbocycles. The fourth-order valence-corrected chi connectivity index (χ4v) is 2.40. The molecule has 1 fully saturated rings. The highest BCUT2D eigenvalue weighted by Crippen LogP contribution is 2.09. The third-order valence-corrected chi connectivity index (χ3v) is 3.37. The molecule has 0 amide bonds. The predicted octanol–water partition coefficient (Wildman–Crippen LogP) is 1.06. The normalized spacial score (nSPS) is 21.1. The van der Waals surface area contributed by atoms with E-state index in [9.17, 15) is 0 Å². The van der Waals surface area contributed by atoms with Crippen molar-refractivity contribution in [3.63, 3.8) is 0 Å². The van der Waals surface area contributed by atoms with Crippen LogP contribution in [0.25, 0.3) is 0 Å². The first-order valence-electron chi connectivity index (χ1n) is 6.81. The second-order valence-corrected chi connectivity index (χ2v) is 4.84. The number of rotatable bonds is 6. The van der Waals surface area contributed by atoms with Gasteiger partial charge in [0, 0.05) is 25.5 Å². The number of nitrogens with two attached hydrogens (primary N) is 1. The lowest BCUT2D eigenvalue weighted by atomic mass is 10.1. The van der Waals surface area contributed by atoms with Crippen LogP contribution in [-0.2, 0) is 11.2 Å². The Balaban J connectivity index is 1.67. The van der Waals surface area contributed by atoms with E-state index in [1.807, 2.05) is 18.5 Å². The van der Waals surface area contributed by atoms with Crippen molar-refractivity contribution in [2.45, 2.75) is 25.4 Å². The number of aryl methyl sites for hydroxylation is 1. The minimum Gasteiger partial charge on any atom is -0.376 e. The van der Waals surface area contributed by atoms with E-state index in [1.54, 1.807) is 0 Å². The standard InChI is InChI=1S/C14H23N3O/c15-6-5-14-12-17(9-10-18-14)8-2-4-13-3-1-7-16-11-13/h1,3,7,11,14H,2,4-6,8-10,12,15H2/t14-/m0/s1. The van der Waals surface area contributed by atoms with Gasteiger partial charge in [0.25, 0.3) is 0 Å². The highest BCUT2D eigenvalue weighted by molar-refractivity contribution is 5.08. The van der Waals surface area contributed by atoms with Crippen molar-refractivity contribution in [1.82, 2.24) is 9.88 Å². The van der Waals surface area contributed by atoms with Crippen LogP contribution in [0.1, 0.15) is 18.4 Å². The van der Waals surface area contributed by atoms with Crippen LogP contribution in [0.2, 0.25) is 0 Å². The Morgan fingerprint density at radius 1 is 1.50 bits per heavy atom. The van der Waals surface area contributed by atoms with Crippen LogP contribution in [0.3, 0.4) is 0 Å². The summed E-state index contributed by atoms with van der Waals surface area (Å²) in [5, 5.41) is 0. The molecule has 18 heavy (non-hydrogen) atoms. The molecule has 0 bridgehead atoms. The summed E-state index contributed by atoms with van der Waals surface area (Å²) < 4.78 is 5.68. The number of hydrogen-bond donors (Lipinski definition) is 1. The average Bonchev–Trinajstić information content (AvgIpc) is 2.41. The number of nitrogens with zero attached hydrogens (tertiary/aromatic N) is 2. The fraction of sp³-hybridized carbons (Fsp3) is 0.643. The van der Waals surface area contributed by atoms with Gasteiger partial charge < -0.3 is 10.5 Å². The Labute approximate surface area is 109 Å². The van der Waals surface area contributed by atoms with Gasteiger partial charge in [-0.2, -0.15) is 0 Å². The van der Waals surface area contributed by atoms with E-state index in [0.29, 0.717) is 12.6 Å². The lowest BCUT2D eigenvalue weighted by Gasteiger charge is -2.32. The van der Waals surface area contributed by atoms with Crippen molar-refractivity contribution < 1.29 is 4.74 Å². The number of ether oxygens (including phenoxy) is 1. The first-order chi connectivity index (χ1) is 8.88. The molecule has 1 aliphatic heterocycles.